The van der Waals surface area contributed by atoms with Crippen molar-refractivity contribution in [1.82, 2.24) is 15.3 Å². The molecule has 4 aromatic rings. The lowest BCUT2D eigenvalue weighted by molar-refractivity contribution is -0.125. The van der Waals surface area contributed by atoms with Crippen LogP contribution in [0.5, 0.6) is 0 Å². The van der Waals surface area contributed by atoms with E-state index in [0.717, 1.165) is 4.88 Å². The van der Waals surface area contributed by atoms with Crippen LogP contribution in [0, 0.1) is 0 Å². The molecule has 2 unspecified atom stereocenters. The Morgan fingerprint density at radius 1 is 1.09 bits per heavy atom. The fourth-order valence-electron chi connectivity index (χ4n) is 3.55. The maximum absolute atomic E-state index is 13.0. The quantitative estimate of drug-likeness (QED) is 0.286. The number of aromatic nitrogens is 2. The number of carbonyl (C=O) groups is 2. The Hall–Kier alpha value is -3.69. The number of benzene rings is 2. The van der Waals surface area contributed by atoms with Gasteiger partial charge in [0.05, 0.1) is 22.0 Å². The van der Waals surface area contributed by atoms with Gasteiger partial charge in [0.25, 0.3) is 11.8 Å². The summed E-state index contributed by atoms with van der Waals surface area (Å²) in [5.74, 6) is -0.730. The highest BCUT2D eigenvalue weighted by molar-refractivity contribution is 7.14. The van der Waals surface area contributed by atoms with Crippen molar-refractivity contribution in [2.24, 2.45) is 0 Å². The first-order chi connectivity index (χ1) is 16.1. The van der Waals surface area contributed by atoms with E-state index in [2.05, 4.69) is 41.4 Å². The van der Waals surface area contributed by atoms with Gasteiger partial charge in [0.1, 0.15) is 0 Å². The van der Waals surface area contributed by atoms with Crippen LogP contribution < -0.4 is 16.4 Å². The van der Waals surface area contributed by atoms with Crippen molar-refractivity contribution in [3.05, 3.63) is 76.0 Å². The summed E-state index contributed by atoms with van der Waals surface area (Å²) in [6.07, 6.45) is -1.53. The zero-order chi connectivity index (χ0) is 24.5. The molecule has 8 nitrogen and oxygen atoms in total. The van der Waals surface area contributed by atoms with Gasteiger partial charge in [0, 0.05) is 10.6 Å². The summed E-state index contributed by atoms with van der Waals surface area (Å²) in [5.41, 5.74) is 8.00. The summed E-state index contributed by atoms with van der Waals surface area (Å²) < 4.78 is 0. The molecule has 0 aliphatic heterocycles. The Morgan fingerprint density at radius 2 is 1.82 bits per heavy atom. The van der Waals surface area contributed by atoms with Gasteiger partial charge in [-0.25, -0.2) is 4.98 Å². The van der Waals surface area contributed by atoms with Gasteiger partial charge in [-0.05, 0) is 41.3 Å². The molecule has 0 aliphatic carbocycles. The number of aliphatic hydroxyl groups is 1. The van der Waals surface area contributed by atoms with Crippen LogP contribution in [0.2, 0.25) is 0 Å². The van der Waals surface area contributed by atoms with E-state index in [0.29, 0.717) is 27.2 Å². The number of nitrogens with zero attached hydrogens (tertiary/aromatic N) is 1. The van der Waals surface area contributed by atoms with E-state index in [1.807, 2.05) is 12.1 Å². The average molecular weight is 478 g/mol. The third-order valence-electron chi connectivity index (χ3n) is 5.37. The molecule has 4 rings (SSSR count). The Labute approximate surface area is 201 Å². The van der Waals surface area contributed by atoms with Crippen LogP contribution in [0.4, 0.5) is 11.6 Å². The molecule has 0 saturated heterocycles. The number of nitrogens with one attached hydrogen (secondary N) is 3. The van der Waals surface area contributed by atoms with Crippen LogP contribution >= 0.6 is 11.3 Å². The normalized spacial score (nSPS) is 13.4. The molecule has 0 spiro atoms. The fourth-order valence-corrected chi connectivity index (χ4v) is 4.52. The zero-order valence-corrected chi connectivity index (χ0v) is 19.9. The molecule has 0 bridgehead atoms. The number of nitrogens with two attached hydrogens (primary N) is 1. The van der Waals surface area contributed by atoms with Crippen molar-refractivity contribution in [3.63, 3.8) is 0 Å². The number of fused-ring (bicyclic) bond motifs is 1. The number of H-pyrrole nitrogens is 1. The number of nitrogen functional groups attached to an aromatic ring is 1. The van der Waals surface area contributed by atoms with Crippen LogP contribution in [-0.2, 0) is 10.2 Å². The first kappa shape index (κ1) is 23.5. The molecule has 0 saturated carbocycles. The Bertz CT molecular complexity index is 1320. The minimum atomic E-state index is -1.53. The first-order valence-electron chi connectivity index (χ1n) is 10.8. The molecular weight excluding hydrogens is 450 g/mol. The molecule has 0 radical (unpaired) electrons. The maximum Gasteiger partial charge on any atom is 0.261 e. The van der Waals surface area contributed by atoms with Crippen molar-refractivity contribution in [2.45, 2.75) is 38.3 Å². The molecule has 176 valence electrons. The highest BCUT2D eigenvalue weighted by Crippen LogP contribution is 2.30. The van der Waals surface area contributed by atoms with Gasteiger partial charge >= 0.3 is 0 Å². The molecule has 2 amide bonds. The predicted molar refractivity (Wildman–Crippen MR) is 135 cm³/mol. The number of anilines is 2. The summed E-state index contributed by atoms with van der Waals surface area (Å²) in [7, 11) is 0. The predicted octanol–water partition coefficient (Wildman–Crippen LogP) is 3.97. The van der Waals surface area contributed by atoms with Gasteiger partial charge in [0.15, 0.2) is 12.1 Å². The summed E-state index contributed by atoms with van der Waals surface area (Å²) in [5, 5.41) is 16.5. The van der Waals surface area contributed by atoms with Crippen LogP contribution in [0.25, 0.3) is 11.0 Å². The molecule has 34 heavy (non-hydrogen) atoms. The number of aromatic amines is 1. The van der Waals surface area contributed by atoms with Gasteiger partial charge in [0.2, 0.25) is 0 Å². The average Bonchev–Trinajstić information content (AvgIpc) is 3.43. The van der Waals surface area contributed by atoms with Gasteiger partial charge in [-0.15, -0.1) is 11.3 Å². The van der Waals surface area contributed by atoms with E-state index in [-0.39, 0.29) is 17.3 Å². The SMILES string of the molecule is CC(C)(C)c1ccc(C(=O)NC(c2ccccc2)C(O)C(=O)Nc2ccc3nc(N)[nH]c3c2)s1. The minimum absolute atomic E-state index is 0.0815. The molecule has 0 fully saturated rings. The van der Waals surface area contributed by atoms with E-state index in [1.54, 1.807) is 48.5 Å². The molecule has 2 atom stereocenters. The monoisotopic (exact) mass is 477 g/mol. The third-order valence-corrected chi connectivity index (χ3v) is 6.88. The van der Waals surface area contributed by atoms with Crippen molar-refractivity contribution >= 4 is 45.8 Å². The van der Waals surface area contributed by atoms with Crippen molar-refractivity contribution < 1.29 is 14.7 Å². The van der Waals surface area contributed by atoms with Crippen LogP contribution in [0.1, 0.15) is 46.9 Å². The third kappa shape index (κ3) is 5.11. The van der Waals surface area contributed by atoms with Gasteiger partial charge in [-0.2, -0.15) is 0 Å². The van der Waals surface area contributed by atoms with Crippen molar-refractivity contribution in [3.8, 4) is 0 Å². The molecule has 9 heteroatoms. The lowest BCUT2D eigenvalue weighted by Gasteiger charge is -2.24. The van der Waals surface area contributed by atoms with E-state index >= 15 is 0 Å². The zero-order valence-electron chi connectivity index (χ0n) is 19.1. The second kappa shape index (κ2) is 9.28. The Morgan fingerprint density at radius 3 is 2.50 bits per heavy atom. The lowest BCUT2D eigenvalue weighted by atomic mass is 9.95. The van der Waals surface area contributed by atoms with Gasteiger partial charge < -0.3 is 26.5 Å². The number of imidazole rings is 1. The maximum atomic E-state index is 13.0. The number of amides is 2. The molecule has 0 aliphatic rings. The lowest BCUT2D eigenvalue weighted by Crippen LogP contribution is -2.42. The van der Waals surface area contributed by atoms with E-state index < -0.39 is 18.1 Å². The largest absolute Gasteiger partial charge is 0.381 e. The topological polar surface area (TPSA) is 133 Å². The molecule has 2 heterocycles. The minimum Gasteiger partial charge on any atom is -0.381 e. The molecule has 2 aromatic heterocycles. The fraction of sp³-hybridized carbons (Fsp3) is 0.240. The standard InChI is InChI=1S/C25H27N5O3S/c1-25(2,3)19-12-11-18(34-19)22(32)30-20(14-7-5-4-6-8-14)21(31)23(33)27-15-9-10-16-17(13-15)29-24(26)28-16/h4-13,20-21,31H,1-3H3,(H,27,33)(H,30,32)(H3,26,28,29). The Balaban J connectivity index is 1.55. The molecular formula is C25H27N5O3S. The number of hydrogen-bond acceptors (Lipinski definition) is 6. The Kier molecular flexibility index (Phi) is 6.41. The van der Waals surface area contributed by atoms with E-state index in [1.165, 1.54) is 11.3 Å². The van der Waals surface area contributed by atoms with Crippen LogP contribution in [-0.4, -0.2) is 33.0 Å². The number of rotatable bonds is 6. The molecule has 6 N–H and O–H groups in total. The second-order valence-corrected chi connectivity index (χ2v) is 10.1. The van der Waals surface area contributed by atoms with Gasteiger partial charge in [-0.1, -0.05) is 51.1 Å². The number of aliphatic hydroxyl groups excluding tert-OH is 1. The summed E-state index contributed by atoms with van der Waals surface area (Å²) in [4.78, 5) is 34.6. The number of thiophene rings is 1. The van der Waals surface area contributed by atoms with Crippen LogP contribution in [0.3, 0.4) is 0 Å². The van der Waals surface area contributed by atoms with Crippen molar-refractivity contribution in [1.29, 1.82) is 0 Å². The number of hydrogen-bond donors (Lipinski definition) is 5. The molecule has 2 aromatic carbocycles. The highest BCUT2D eigenvalue weighted by Gasteiger charge is 2.30. The second-order valence-electron chi connectivity index (χ2n) is 9.06. The van der Waals surface area contributed by atoms with E-state index in [4.69, 9.17) is 5.73 Å². The van der Waals surface area contributed by atoms with Gasteiger partial charge in [-0.3, -0.25) is 9.59 Å². The first-order valence-corrected chi connectivity index (χ1v) is 11.6. The highest BCUT2D eigenvalue weighted by atomic mass is 32.1. The smallest absolute Gasteiger partial charge is 0.261 e. The number of carbonyl (C=O) groups excluding carboxylic acids is 2. The summed E-state index contributed by atoms with van der Waals surface area (Å²) >= 11 is 1.40. The van der Waals surface area contributed by atoms with Crippen LogP contribution in [0.15, 0.2) is 60.7 Å². The summed E-state index contributed by atoms with van der Waals surface area (Å²) in [6, 6.07) is 16.7. The summed E-state index contributed by atoms with van der Waals surface area (Å²) in [6.45, 7) is 6.24. The van der Waals surface area contributed by atoms with E-state index in [9.17, 15) is 14.7 Å². The van der Waals surface area contributed by atoms with Crippen molar-refractivity contribution in [2.75, 3.05) is 11.1 Å².